The van der Waals surface area contributed by atoms with Crippen LogP contribution >= 0.6 is 0 Å². The average Bonchev–Trinajstić information content (AvgIpc) is 3.11. The van der Waals surface area contributed by atoms with E-state index in [1.54, 1.807) is 19.3 Å². The summed E-state index contributed by atoms with van der Waals surface area (Å²) < 4.78 is 0. The van der Waals surface area contributed by atoms with Gasteiger partial charge in [0.1, 0.15) is 6.04 Å². The van der Waals surface area contributed by atoms with Gasteiger partial charge in [-0.2, -0.15) is 0 Å². The SMILES string of the molecule is CN(C(=O)O)C1CN(Cc2ccnc(-c3ccc4c(c3)CN(C3CCC(=O)NC3=O)C4=O)c2)C1. The zero-order valence-corrected chi connectivity index (χ0v) is 18.7. The molecule has 1 atom stereocenters. The number of rotatable bonds is 5. The number of likely N-dealkylation sites (N-methyl/N-ethyl adjacent to an activating group) is 1. The number of hydrogen-bond donors (Lipinski definition) is 2. The molecule has 5 rings (SSSR count). The topological polar surface area (TPSA) is 123 Å². The number of carboxylic acid groups (broad SMARTS) is 1. The number of hydrogen-bond acceptors (Lipinski definition) is 6. The van der Waals surface area contributed by atoms with Gasteiger partial charge in [-0.15, -0.1) is 0 Å². The molecular weight excluding hydrogens is 438 g/mol. The van der Waals surface area contributed by atoms with Crippen LogP contribution in [0.3, 0.4) is 0 Å². The van der Waals surface area contributed by atoms with E-state index >= 15 is 0 Å². The lowest BCUT2D eigenvalue weighted by Crippen LogP contribution is -2.58. The third-order valence-electron chi connectivity index (χ3n) is 6.84. The van der Waals surface area contributed by atoms with Gasteiger partial charge in [-0.25, -0.2) is 4.79 Å². The molecular formula is C24H25N5O5. The zero-order valence-electron chi connectivity index (χ0n) is 18.7. The van der Waals surface area contributed by atoms with Gasteiger partial charge in [0.15, 0.2) is 0 Å². The van der Waals surface area contributed by atoms with Crippen molar-refractivity contribution in [2.75, 3.05) is 20.1 Å². The molecule has 0 radical (unpaired) electrons. The second-order valence-corrected chi connectivity index (χ2v) is 9.06. The first-order chi connectivity index (χ1) is 16.3. The van der Waals surface area contributed by atoms with Gasteiger partial charge in [0.05, 0.1) is 11.7 Å². The Balaban J connectivity index is 1.28. The summed E-state index contributed by atoms with van der Waals surface area (Å²) in [5.74, 6) is -0.924. The molecule has 1 aromatic carbocycles. The molecule has 0 saturated carbocycles. The Labute approximate surface area is 196 Å². The molecule has 4 heterocycles. The molecule has 34 heavy (non-hydrogen) atoms. The number of fused-ring (bicyclic) bond motifs is 1. The van der Waals surface area contributed by atoms with Crippen LogP contribution in [0.15, 0.2) is 36.5 Å². The van der Waals surface area contributed by atoms with Crippen molar-refractivity contribution >= 4 is 23.8 Å². The maximum atomic E-state index is 12.9. The summed E-state index contributed by atoms with van der Waals surface area (Å²) in [7, 11) is 1.59. The summed E-state index contributed by atoms with van der Waals surface area (Å²) in [6.07, 6.45) is 1.39. The van der Waals surface area contributed by atoms with Crippen molar-refractivity contribution in [3.8, 4) is 11.3 Å². The monoisotopic (exact) mass is 463 g/mol. The van der Waals surface area contributed by atoms with Crippen LogP contribution in [0.2, 0.25) is 0 Å². The van der Waals surface area contributed by atoms with Crippen molar-refractivity contribution in [3.05, 3.63) is 53.2 Å². The van der Waals surface area contributed by atoms with Crippen LogP contribution in [0.1, 0.15) is 34.3 Å². The third-order valence-corrected chi connectivity index (χ3v) is 6.84. The fourth-order valence-electron chi connectivity index (χ4n) is 4.80. The predicted octanol–water partition coefficient (Wildman–Crippen LogP) is 1.30. The minimum Gasteiger partial charge on any atom is -0.465 e. The molecule has 1 unspecified atom stereocenters. The first kappa shape index (κ1) is 22.0. The second kappa shape index (κ2) is 8.53. The molecule has 3 aliphatic heterocycles. The number of pyridine rings is 1. The fourth-order valence-corrected chi connectivity index (χ4v) is 4.80. The molecule has 3 aliphatic rings. The highest BCUT2D eigenvalue weighted by atomic mass is 16.4. The maximum absolute atomic E-state index is 12.9. The Morgan fingerprint density at radius 3 is 2.74 bits per heavy atom. The van der Waals surface area contributed by atoms with Gasteiger partial charge in [-0.3, -0.25) is 29.6 Å². The summed E-state index contributed by atoms with van der Waals surface area (Å²) in [6.45, 7) is 2.40. The number of aromatic nitrogens is 1. The lowest BCUT2D eigenvalue weighted by atomic mass is 10.0. The van der Waals surface area contributed by atoms with E-state index in [1.807, 2.05) is 24.3 Å². The van der Waals surface area contributed by atoms with Crippen LogP contribution in [-0.4, -0.2) is 80.8 Å². The van der Waals surface area contributed by atoms with Gasteiger partial charge in [-0.05, 0) is 41.8 Å². The van der Waals surface area contributed by atoms with Gasteiger partial charge in [0.25, 0.3) is 5.91 Å². The molecule has 10 nitrogen and oxygen atoms in total. The molecule has 0 aliphatic carbocycles. The van der Waals surface area contributed by atoms with E-state index in [1.165, 1.54) is 9.80 Å². The molecule has 4 amide bonds. The lowest BCUT2D eigenvalue weighted by Gasteiger charge is -2.42. The van der Waals surface area contributed by atoms with Crippen LogP contribution in [-0.2, 0) is 22.7 Å². The normalized spacial score (nSPS) is 20.7. The Hall–Kier alpha value is -3.79. The molecule has 2 N–H and O–H groups in total. The van der Waals surface area contributed by atoms with E-state index in [0.717, 1.165) is 22.4 Å². The van der Waals surface area contributed by atoms with Crippen LogP contribution in [0.4, 0.5) is 4.79 Å². The molecule has 10 heteroatoms. The minimum atomic E-state index is -0.915. The average molecular weight is 463 g/mol. The van der Waals surface area contributed by atoms with Gasteiger partial charge < -0.3 is 14.9 Å². The van der Waals surface area contributed by atoms with Crippen molar-refractivity contribution in [2.45, 2.75) is 38.0 Å². The van der Waals surface area contributed by atoms with E-state index in [4.69, 9.17) is 5.11 Å². The Kier molecular flexibility index (Phi) is 5.52. The Morgan fingerprint density at radius 2 is 2.00 bits per heavy atom. The summed E-state index contributed by atoms with van der Waals surface area (Å²) in [5.41, 5.74) is 4.14. The Morgan fingerprint density at radius 1 is 1.21 bits per heavy atom. The summed E-state index contributed by atoms with van der Waals surface area (Å²) in [4.78, 5) is 57.3. The van der Waals surface area contributed by atoms with E-state index in [9.17, 15) is 19.2 Å². The smallest absolute Gasteiger partial charge is 0.407 e. The predicted molar refractivity (Wildman–Crippen MR) is 121 cm³/mol. The van der Waals surface area contributed by atoms with Gasteiger partial charge >= 0.3 is 6.09 Å². The van der Waals surface area contributed by atoms with E-state index in [-0.39, 0.29) is 24.3 Å². The van der Waals surface area contributed by atoms with Crippen molar-refractivity contribution in [2.24, 2.45) is 0 Å². The van der Waals surface area contributed by atoms with E-state index < -0.39 is 18.0 Å². The fraction of sp³-hybridized carbons (Fsp3) is 0.375. The lowest BCUT2D eigenvalue weighted by molar-refractivity contribution is -0.136. The highest BCUT2D eigenvalue weighted by Gasteiger charge is 2.39. The first-order valence-corrected chi connectivity index (χ1v) is 11.2. The van der Waals surface area contributed by atoms with Crippen molar-refractivity contribution in [1.29, 1.82) is 0 Å². The van der Waals surface area contributed by atoms with Gasteiger partial charge in [-0.1, -0.05) is 6.07 Å². The number of imide groups is 1. The molecule has 1 aromatic heterocycles. The number of likely N-dealkylation sites (tertiary alicyclic amines) is 1. The number of carbonyl (C=O) groups excluding carboxylic acids is 3. The number of nitrogens with zero attached hydrogens (tertiary/aromatic N) is 4. The first-order valence-electron chi connectivity index (χ1n) is 11.2. The van der Waals surface area contributed by atoms with Crippen molar-refractivity contribution in [3.63, 3.8) is 0 Å². The van der Waals surface area contributed by atoms with Crippen LogP contribution in [0, 0.1) is 0 Å². The summed E-state index contributed by atoms with van der Waals surface area (Å²) >= 11 is 0. The number of carbonyl (C=O) groups is 4. The maximum Gasteiger partial charge on any atom is 0.407 e. The van der Waals surface area contributed by atoms with Crippen molar-refractivity contribution in [1.82, 2.24) is 25.0 Å². The quantitative estimate of drug-likeness (QED) is 0.641. The number of benzene rings is 1. The largest absolute Gasteiger partial charge is 0.465 e. The van der Waals surface area contributed by atoms with Crippen molar-refractivity contribution < 1.29 is 24.3 Å². The van der Waals surface area contributed by atoms with E-state index in [0.29, 0.717) is 38.2 Å². The molecule has 0 bridgehead atoms. The summed E-state index contributed by atoms with van der Waals surface area (Å²) in [5, 5.41) is 11.4. The standard InChI is InChI=1S/C24H25N5O5/c1-27(24(33)34)17-12-28(13-17)10-14-6-7-25-19(8-14)15-2-3-18-16(9-15)11-29(23(18)32)20-4-5-21(30)26-22(20)31/h2-3,6-9,17,20H,4-5,10-13H2,1H3,(H,33,34)(H,26,30,31). The number of amides is 4. The van der Waals surface area contributed by atoms with Gasteiger partial charge in [0, 0.05) is 57.0 Å². The zero-order chi connectivity index (χ0) is 24.0. The second-order valence-electron chi connectivity index (χ2n) is 9.06. The number of piperidine rings is 1. The minimum absolute atomic E-state index is 0.0142. The van der Waals surface area contributed by atoms with Crippen LogP contribution in [0.5, 0.6) is 0 Å². The molecule has 2 saturated heterocycles. The third kappa shape index (κ3) is 4.01. The van der Waals surface area contributed by atoms with Gasteiger partial charge in [0.2, 0.25) is 11.8 Å². The highest BCUT2D eigenvalue weighted by molar-refractivity contribution is 6.05. The van der Waals surface area contributed by atoms with Crippen LogP contribution in [0.25, 0.3) is 11.3 Å². The molecule has 176 valence electrons. The molecule has 2 aromatic rings. The molecule has 2 fully saturated rings. The summed E-state index contributed by atoms with van der Waals surface area (Å²) in [6, 6.07) is 8.90. The Bertz CT molecular complexity index is 1190. The highest BCUT2D eigenvalue weighted by Crippen LogP contribution is 2.31. The molecule has 0 spiro atoms. The van der Waals surface area contributed by atoms with Crippen LogP contribution < -0.4 is 5.32 Å². The number of nitrogens with one attached hydrogen (secondary N) is 1. The van der Waals surface area contributed by atoms with E-state index in [2.05, 4.69) is 15.2 Å².